The first kappa shape index (κ1) is 25.7. The fourth-order valence-corrected chi connectivity index (χ4v) is 6.34. The Morgan fingerprint density at radius 2 is 1.94 bits per heavy atom. The summed E-state index contributed by atoms with van der Waals surface area (Å²) in [5.41, 5.74) is 0.947. The number of hydrogen-bond acceptors (Lipinski definition) is 8. The summed E-state index contributed by atoms with van der Waals surface area (Å²) >= 11 is 2.60. The van der Waals surface area contributed by atoms with E-state index in [-0.39, 0.29) is 16.4 Å². The average Bonchev–Trinajstić information content (AvgIpc) is 3.17. The minimum Gasteiger partial charge on any atom is -0.506 e. The molecule has 0 saturated heterocycles. The van der Waals surface area contributed by atoms with Crippen molar-refractivity contribution in [3.63, 3.8) is 0 Å². The molecule has 2 aromatic carbocycles. The van der Waals surface area contributed by atoms with Crippen LogP contribution in [-0.2, 0) is 14.8 Å². The summed E-state index contributed by atoms with van der Waals surface area (Å²) in [6, 6.07) is 13.1. The number of ether oxygens (including phenoxy) is 1. The predicted octanol–water partition coefficient (Wildman–Crippen LogP) is 3.41. The van der Waals surface area contributed by atoms with Crippen LogP contribution in [0.15, 0.2) is 52.2 Å². The van der Waals surface area contributed by atoms with Crippen LogP contribution in [0.4, 0.5) is 0 Å². The molecular formula is C22H29N3O5S3. The summed E-state index contributed by atoms with van der Waals surface area (Å²) in [6.45, 7) is 4.54. The van der Waals surface area contributed by atoms with Crippen molar-refractivity contribution in [1.82, 2.24) is 15.0 Å². The van der Waals surface area contributed by atoms with Crippen LogP contribution in [0.25, 0.3) is 10.2 Å². The zero-order chi connectivity index (χ0) is 23.8. The molecule has 0 aliphatic heterocycles. The van der Waals surface area contributed by atoms with Gasteiger partial charge in [-0.3, -0.25) is 10.1 Å². The van der Waals surface area contributed by atoms with Gasteiger partial charge >= 0.3 is 4.87 Å². The van der Waals surface area contributed by atoms with Crippen LogP contribution in [0, 0.1) is 0 Å². The highest BCUT2D eigenvalue weighted by Gasteiger charge is 2.30. The van der Waals surface area contributed by atoms with Gasteiger partial charge in [0.2, 0.25) is 10.0 Å². The standard InChI is InChI=1S/C22H29N3O5S3/c1-3-14-33(28,29)25-21(23-4-2)19(30-12-13-31-15-8-6-5-7-9-15)16-10-11-17(26)18-20(16)32-22(27)24-18/h5-11,19,21,23,25-26H,3-4,12-14H2,1-2H3,(H,24,27). The van der Waals surface area contributed by atoms with Gasteiger partial charge in [0.25, 0.3) is 0 Å². The minimum atomic E-state index is -3.55. The van der Waals surface area contributed by atoms with E-state index in [0.717, 1.165) is 16.2 Å². The molecule has 4 N–H and O–H groups in total. The van der Waals surface area contributed by atoms with Crippen molar-refractivity contribution in [2.75, 3.05) is 24.7 Å². The van der Waals surface area contributed by atoms with Gasteiger partial charge in [0, 0.05) is 16.2 Å². The fraction of sp³-hybridized carbons (Fsp3) is 0.409. The summed E-state index contributed by atoms with van der Waals surface area (Å²) in [5, 5.41) is 13.4. The lowest BCUT2D eigenvalue weighted by molar-refractivity contribution is 0.0332. The Morgan fingerprint density at radius 3 is 2.64 bits per heavy atom. The second-order valence-corrected chi connectivity index (χ2v) is 11.3. The topological polar surface area (TPSA) is 121 Å². The molecule has 0 radical (unpaired) electrons. The average molecular weight is 512 g/mol. The van der Waals surface area contributed by atoms with Crippen molar-refractivity contribution in [1.29, 1.82) is 0 Å². The van der Waals surface area contributed by atoms with E-state index in [1.165, 1.54) is 6.07 Å². The number of phenolic OH excluding ortho intramolecular Hbond substituents is 1. The zero-order valence-electron chi connectivity index (χ0n) is 18.5. The molecule has 11 heteroatoms. The third-order valence-corrected chi connectivity index (χ3v) is 8.26. The highest BCUT2D eigenvalue weighted by atomic mass is 32.2. The van der Waals surface area contributed by atoms with Gasteiger partial charge in [0.15, 0.2) is 0 Å². The second-order valence-electron chi connectivity index (χ2n) is 7.32. The van der Waals surface area contributed by atoms with Crippen molar-refractivity contribution in [2.24, 2.45) is 0 Å². The van der Waals surface area contributed by atoms with E-state index < -0.39 is 22.3 Å². The minimum absolute atomic E-state index is 0.00600. The lowest BCUT2D eigenvalue weighted by Crippen LogP contribution is -2.50. The summed E-state index contributed by atoms with van der Waals surface area (Å²) in [7, 11) is -3.55. The molecule has 8 nitrogen and oxygen atoms in total. The summed E-state index contributed by atoms with van der Waals surface area (Å²) in [5.74, 6) is 0.608. The SMILES string of the molecule is CCCS(=O)(=O)NC(NCC)C(OCCSc1ccccc1)c1ccc(O)c2[nH]c(=O)sc12. The number of thioether (sulfide) groups is 1. The van der Waals surface area contributed by atoms with Crippen LogP contribution in [0.5, 0.6) is 5.75 Å². The number of aromatic hydroxyl groups is 1. The molecule has 0 amide bonds. The van der Waals surface area contributed by atoms with Crippen molar-refractivity contribution >= 4 is 43.3 Å². The number of fused-ring (bicyclic) bond motifs is 1. The normalized spacial score (nSPS) is 13.9. The van der Waals surface area contributed by atoms with Gasteiger partial charge in [-0.1, -0.05) is 49.4 Å². The Kier molecular flexibility index (Phi) is 9.36. The van der Waals surface area contributed by atoms with Crippen LogP contribution in [-0.4, -0.2) is 49.3 Å². The third-order valence-electron chi connectivity index (χ3n) is 4.79. The van der Waals surface area contributed by atoms with Gasteiger partial charge in [-0.15, -0.1) is 11.8 Å². The summed E-state index contributed by atoms with van der Waals surface area (Å²) < 4.78 is 34.7. The first-order chi connectivity index (χ1) is 15.8. The maximum Gasteiger partial charge on any atom is 0.305 e. The van der Waals surface area contributed by atoms with E-state index in [0.29, 0.717) is 41.1 Å². The molecule has 1 heterocycles. The van der Waals surface area contributed by atoms with Crippen LogP contribution in [0.3, 0.4) is 0 Å². The number of rotatable bonds is 13. The second kappa shape index (κ2) is 12.0. The maximum absolute atomic E-state index is 12.6. The molecule has 3 aromatic rings. The van der Waals surface area contributed by atoms with E-state index in [9.17, 15) is 18.3 Å². The lowest BCUT2D eigenvalue weighted by atomic mass is 10.1. The number of thiazole rings is 1. The Hall–Kier alpha value is -1.89. The third kappa shape index (κ3) is 7.05. The van der Waals surface area contributed by atoms with E-state index in [2.05, 4.69) is 15.0 Å². The van der Waals surface area contributed by atoms with E-state index in [4.69, 9.17) is 4.74 Å². The Labute approximate surface area is 201 Å². The Balaban J connectivity index is 1.91. The van der Waals surface area contributed by atoms with Gasteiger partial charge in [-0.05, 0) is 31.2 Å². The van der Waals surface area contributed by atoms with E-state index in [1.807, 2.05) is 37.3 Å². The van der Waals surface area contributed by atoms with Gasteiger partial charge in [0.1, 0.15) is 23.5 Å². The first-order valence-electron chi connectivity index (χ1n) is 10.7. The van der Waals surface area contributed by atoms with Crippen LogP contribution < -0.4 is 14.9 Å². The largest absolute Gasteiger partial charge is 0.506 e. The predicted molar refractivity (Wildman–Crippen MR) is 135 cm³/mol. The molecule has 2 unspecified atom stereocenters. The van der Waals surface area contributed by atoms with Crippen LogP contribution in [0.2, 0.25) is 0 Å². The summed E-state index contributed by atoms with van der Waals surface area (Å²) in [6.07, 6.45) is -0.989. The van der Waals surface area contributed by atoms with E-state index >= 15 is 0 Å². The monoisotopic (exact) mass is 511 g/mol. The van der Waals surface area contributed by atoms with Crippen LogP contribution in [0.1, 0.15) is 31.9 Å². The van der Waals surface area contributed by atoms with Gasteiger partial charge in [0.05, 0.1) is 17.1 Å². The van der Waals surface area contributed by atoms with Gasteiger partial charge in [-0.2, -0.15) is 4.72 Å². The molecule has 33 heavy (non-hydrogen) atoms. The number of benzene rings is 2. The number of nitrogens with one attached hydrogen (secondary N) is 3. The molecule has 2 atom stereocenters. The molecule has 3 rings (SSSR count). The quantitative estimate of drug-likeness (QED) is 0.158. The molecule has 180 valence electrons. The van der Waals surface area contributed by atoms with Crippen LogP contribution >= 0.6 is 23.1 Å². The number of hydrogen-bond donors (Lipinski definition) is 4. The number of H-pyrrole nitrogens is 1. The molecule has 0 aliphatic rings. The molecule has 0 aliphatic carbocycles. The molecule has 0 bridgehead atoms. The van der Waals surface area contributed by atoms with Crippen molar-refractivity contribution in [3.8, 4) is 5.75 Å². The number of likely N-dealkylation sites (N-methyl/N-ethyl adjacent to an activating group) is 1. The van der Waals surface area contributed by atoms with Crippen molar-refractivity contribution < 1.29 is 18.3 Å². The molecular weight excluding hydrogens is 482 g/mol. The van der Waals surface area contributed by atoms with Crippen molar-refractivity contribution in [3.05, 3.63) is 57.7 Å². The highest BCUT2D eigenvalue weighted by Crippen LogP contribution is 2.34. The number of aromatic amines is 1. The lowest BCUT2D eigenvalue weighted by Gasteiger charge is -2.29. The fourth-order valence-electron chi connectivity index (χ4n) is 3.43. The number of aromatic nitrogens is 1. The molecule has 1 aromatic heterocycles. The molecule has 0 saturated carbocycles. The smallest absolute Gasteiger partial charge is 0.305 e. The maximum atomic E-state index is 12.6. The summed E-state index contributed by atoms with van der Waals surface area (Å²) in [4.78, 5) is 15.5. The molecule has 0 spiro atoms. The number of phenols is 1. The highest BCUT2D eigenvalue weighted by molar-refractivity contribution is 7.99. The number of sulfonamides is 1. The molecule has 0 fully saturated rings. The zero-order valence-corrected chi connectivity index (χ0v) is 21.0. The van der Waals surface area contributed by atoms with Gasteiger partial charge < -0.3 is 14.8 Å². The Morgan fingerprint density at radius 1 is 1.18 bits per heavy atom. The van der Waals surface area contributed by atoms with Gasteiger partial charge in [-0.25, -0.2) is 8.42 Å². The van der Waals surface area contributed by atoms with E-state index in [1.54, 1.807) is 24.8 Å². The van der Waals surface area contributed by atoms with Crippen molar-refractivity contribution in [2.45, 2.75) is 37.4 Å². The Bertz CT molecular complexity index is 1190. The first-order valence-corrected chi connectivity index (χ1v) is 14.2.